The van der Waals surface area contributed by atoms with Crippen LogP contribution < -0.4 is 14.2 Å². The Hall–Kier alpha value is -3.53. The van der Waals surface area contributed by atoms with Crippen LogP contribution in [0.2, 0.25) is 0 Å². The summed E-state index contributed by atoms with van der Waals surface area (Å²) in [5, 5.41) is 19.2. The van der Waals surface area contributed by atoms with E-state index < -0.39 is 0 Å². The SMILES string of the molecule is COc1cc(OCc2ccccc2-c2ccccc2C#N)cc(OC)c1CN1CCC[C@H]1CO. The zero-order valence-corrected chi connectivity index (χ0v) is 19.7. The summed E-state index contributed by atoms with van der Waals surface area (Å²) in [4.78, 5) is 2.27. The predicted octanol–water partition coefficient (Wildman–Crippen LogP) is 4.78. The molecule has 1 atom stereocenters. The molecule has 1 fully saturated rings. The Morgan fingerprint density at radius 2 is 1.68 bits per heavy atom. The van der Waals surface area contributed by atoms with Crippen LogP contribution in [0.5, 0.6) is 17.2 Å². The van der Waals surface area contributed by atoms with Crippen LogP contribution >= 0.6 is 0 Å². The van der Waals surface area contributed by atoms with E-state index in [9.17, 15) is 10.4 Å². The number of nitriles is 1. The molecule has 0 aliphatic carbocycles. The summed E-state index contributed by atoms with van der Waals surface area (Å²) < 4.78 is 17.6. The van der Waals surface area contributed by atoms with Gasteiger partial charge in [-0.2, -0.15) is 5.26 Å². The van der Waals surface area contributed by atoms with Gasteiger partial charge in [-0.1, -0.05) is 42.5 Å². The lowest BCUT2D eigenvalue weighted by Crippen LogP contribution is -2.31. The first-order chi connectivity index (χ1) is 16.7. The third-order valence-corrected chi connectivity index (χ3v) is 6.40. The fourth-order valence-corrected chi connectivity index (χ4v) is 4.60. The van der Waals surface area contributed by atoms with Gasteiger partial charge >= 0.3 is 0 Å². The second-order valence-electron chi connectivity index (χ2n) is 8.36. The maximum absolute atomic E-state index is 9.69. The molecule has 34 heavy (non-hydrogen) atoms. The van der Waals surface area contributed by atoms with Crippen LogP contribution in [0.25, 0.3) is 11.1 Å². The average Bonchev–Trinajstić information content (AvgIpc) is 3.35. The third-order valence-electron chi connectivity index (χ3n) is 6.40. The molecule has 0 spiro atoms. The van der Waals surface area contributed by atoms with Crippen molar-refractivity contribution in [3.8, 4) is 34.4 Å². The van der Waals surface area contributed by atoms with Gasteiger partial charge in [0, 0.05) is 24.7 Å². The number of hydrogen-bond acceptors (Lipinski definition) is 6. The van der Waals surface area contributed by atoms with Crippen LogP contribution in [-0.2, 0) is 13.2 Å². The van der Waals surface area contributed by atoms with Crippen molar-refractivity contribution in [2.45, 2.75) is 32.0 Å². The van der Waals surface area contributed by atoms with E-state index in [-0.39, 0.29) is 12.6 Å². The minimum Gasteiger partial charge on any atom is -0.496 e. The molecule has 1 N–H and O–H groups in total. The summed E-state index contributed by atoms with van der Waals surface area (Å²) in [6.45, 7) is 2.07. The minimum atomic E-state index is 0.153. The Morgan fingerprint density at radius 1 is 1.00 bits per heavy atom. The summed E-state index contributed by atoms with van der Waals surface area (Å²) in [5.41, 5.74) is 4.42. The van der Waals surface area contributed by atoms with Crippen LogP contribution in [-0.4, -0.2) is 43.4 Å². The molecule has 1 saturated heterocycles. The highest BCUT2D eigenvalue weighted by atomic mass is 16.5. The zero-order chi connectivity index (χ0) is 23.9. The van der Waals surface area contributed by atoms with Crippen LogP contribution in [0.1, 0.15) is 29.5 Å². The number of methoxy groups -OCH3 is 2. The average molecular weight is 459 g/mol. The number of rotatable bonds is 9. The molecule has 1 aliphatic rings. The maximum Gasteiger partial charge on any atom is 0.130 e. The molecule has 4 rings (SSSR count). The van der Waals surface area contributed by atoms with Crippen molar-refractivity contribution in [3.63, 3.8) is 0 Å². The number of aliphatic hydroxyl groups excluding tert-OH is 1. The van der Waals surface area contributed by atoms with E-state index in [1.165, 1.54) is 0 Å². The van der Waals surface area contributed by atoms with Gasteiger partial charge in [0.2, 0.25) is 0 Å². The van der Waals surface area contributed by atoms with E-state index in [1.54, 1.807) is 14.2 Å². The molecule has 6 heteroatoms. The van der Waals surface area contributed by atoms with Crippen molar-refractivity contribution in [1.82, 2.24) is 4.90 Å². The lowest BCUT2D eigenvalue weighted by molar-refractivity contribution is 0.151. The van der Waals surface area contributed by atoms with E-state index in [4.69, 9.17) is 14.2 Å². The largest absolute Gasteiger partial charge is 0.496 e. The second-order valence-corrected chi connectivity index (χ2v) is 8.36. The van der Waals surface area contributed by atoms with E-state index in [1.807, 2.05) is 60.7 Å². The number of ether oxygens (including phenoxy) is 3. The summed E-state index contributed by atoms with van der Waals surface area (Å²) in [6, 6.07) is 21.7. The van der Waals surface area contributed by atoms with Crippen molar-refractivity contribution in [2.75, 3.05) is 27.4 Å². The highest BCUT2D eigenvalue weighted by Gasteiger charge is 2.26. The Bertz CT molecular complexity index is 1150. The maximum atomic E-state index is 9.69. The smallest absolute Gasteiger partial charge is 0.130 e. The predicted molar refractivity (Wildman–Crippen MR) is 131 cm³/mol. The van der Waals surface area contributed by atoms with E-state index in [0.29, 0.717) is 36.0 Å². The zero-order valence-electron chi connectivity index (χ0n) is 19.7. The van der Waals surface area contributed by atoms with Crippen molar-refractivity contribution in [3.05, 3.63) is 77.4 Å². The Morgan fingerprint density at radius 3 is 2.35 bits per heavy atom. The number of benzene rings is 3. The first-order valence-corrected chi connectivity index (χ1v) is 11.5. The summed E-state index contributed by atoms with van der Waals surface area (Å²) in [5.74, 6) is 2.03. The van der Waals surface area contributed by atoms with Gasteiger partial charge in [0.15, 0.2) is 0 Å². The first-order valence-electron chi connectivity index (χ1n) is 11.5. The number of aliphatic hydroxyl groups is 1. The fourth-order valence-electron chi connectivity index (χ4n) is 4.60. The van der Waals surface area contributed by atoms with Crippen molar-refractivity contribution in [2.24, 2.45) is 0 Å². The Kier molecular flexibility index (Phi) is 7.69. The molecule has 176 valence electrons. The van der Waals surface area contributed by atoms with Gasteiger partial charge in [-0.15, -0.1) is 0 Å². The Labute approximate surface area is 200 Å². The molecule has 0 aromatic heterocycles. The monoisotopic (exact) mass is 458 g/mol. The van der Waals surface area contributed by atoms with E-state index >= 15 is 0 Å². The molecule has 3 aromatic carbocycles. The Balaban J connectivity index is 1.58. The van der Waals surface area contributed by atoms with Gasteiger partial charge in [-0.3, -0.25) is 4.90 Å². The molecule has 0 bridgehead atoms. The molecule has 0 amide bonds. The number of nitrogens with zero attached hydrogens (tertiary/aromatic N) is 2. The van der Waals surface area contributed by atoms with E-state index in [0.717, 1.165) is 41.6 Å². The van der Waals surface area contributed by atoms with Crippen LogP contribution in [0.15, 0.2) is 60.7 Å². The molecular formula is C28H30N2O4. The molecular weight excluding hydrogens is 428 g/mol. The number of hydrogen-bond donors (Lipinski definition) is 1. The minimum absolute atomic E-state index is 0.153. The molecule has 6 nitrogen and oxygen atoms in total. The topological polar surface area (TPSA) is 75.0 Å². The van der Waals surface area contributed by atoms with Crippen LogP contribution in [0, 0.1) is 11.3 Å². The van der Waals surface area contributed by atoms with Gasteiger partial charge in [0.1, 0.15) is 23.9 Å². The number of likely N-dealkylation sites (tertiary alicyclic amines) is 1. The summed E-state index contributed by atoms with van der Waals surface area (Å²) in [7, 11) is 3.29. The van der Waals surface area contributed by atoms with E-state index in [2.05, 4.69) is 11.0 Å². The van der Waals surface area contributed by atoms with Crippen molar-refractivity contribution in [1.29, 1.82) is 5.26 Å². The normalized spacial score (nSPS) is 15.6. The highest BCUT2D eigenvalue weighted by Crippen LogP contribution is 2.37. The molecule has 1 heterocycles. The van der Waals surface area contributed by atoms with Crippen LogP contribution in [0.3, 0.4) is 0 Å². The highest BCUT2D eigenvalue weighted by molar-refractivity contribution is 5.73. The van der Waals surface area contributed by atoms with Crippen molar-refractivity contribution < 1.29 is 19.3 Å². The molecule has 0 unspecified atom stereocenters. The summed E-state index contributed by atoms with van der Waals surface area (Å²) >= 11 is 0. The standard InChI is InChI=1S/C28H30N2O4/c1-32-27-14-23(15-28(33-2)26(27)17-30-13-7-10-22(30)18-31)34-19-21-9-4-6-12-25(21)24-11-5-3-8-20(24)16-29/h3-6,8-9,11-12,14-15,22,31H,7,10,13,17-19H2,1-2H3/t22-/m0/s1. The quantitative estimate of drug-likeness (QED) is 0.498. The van der Waals surface area contributed by atoms with Crippen LogP contribution in [0.4, 0.5) is 0 Å². The first kappa shape index (κ1) is 23.6. The fraction of sp³-hybridized carbons (Fsp3) is 0.321. The third kappa shape index (κ3) is 5.01. The molecule has 0 saturated carbocycles. The lowest BCUT2D eigenvalue weighted by Gasteiger charge is -2.25. The molecule has 3 aromatic rings. The van der Waals surface area contributed by atoms with Crippen molar-refractivity contribution >= 4 is 0 Å². The van der Waals surface area contributed by atoms with Gasteiger partial charge in [-0.05, 0) is 42.1 Å². The van der Waals surface area contributed by atoms with Gasteiger partial charge in [0.05, 0.1) is 38.0 Å². The second kappa shape index (κ2) is 11.1. The van der Waals surface area contributed by atoms with Gasteiger partial charge in [0.25, 0.3) is 0 Å². The van der Waals surface area contributed by atoms with Gasteiger partial charge in [-0.25, -0.2) is 0 Å². The van der Waals surface area contributed by atoms with Gasteiger partial charge < -0.3 is 19.3 Å². The summed E-state index contributed by atoms with van der Waals surface area (Å²) in [6.07, 6.45) is 2.07. The molecule has 0 radical (unpaired) electrons. The lowest BCUT2D eigenvalue weighted by atomic mass is 9.96. The molecule has 1 aliphatic heterocycles.